The molecule has 0 amide bonds. The molecule has 37 heavy (non-hydrogen) atoms. The molecule has 1 saturated heterocycles. The van der Waals surface area contributed by atoms with Gasteiger partial charge in [-0.15, -0.1) is 0 Å². The van der Waals surface area contributed by atoms with Gasteiger partial charge in [0, 0.05) is 22.8 Å². The molecule has 0 radical (unpaired) electrons. The standard InChI is InChI=1S/C24H29F3N2O5S.C2H6/c25-24(26,27)14-5-6-22-18(9-14)29(17-3-1-2-4-21(17)35-22)12-15(31)11-28-8-7-16-10-19(32)23(33)20(13-30)34-16;1-2/h1-6,9,15-16,19-20,23,28,30-33H,7-8,10-13H2;1-2H3/t15?,16-,19?,20?,23+;/m1./s1. The lowest BCUT2D eigenvalue weighted by molar-refractivity contribution is -0.180. The van der Waals surface area contributed by atoms with Crippen molar-refractivity contribution in [3.8, 4) is 0 Å². The second-order valence-corrected chi connectivity index (χ2v) is 9.86. The molecule has 0 aliphatic carbocycles. The van der Waals surface area contributed by atoms with Crippen LogP contribution in [0.1, 0.15) is 32.3 Å². The molecule has 5 atom stereocenters. The smallest absolute Gasteiger partial charge is 0.394 e. The molecule has 0 bridgehead atoms. The summed E-state index contributed by atoms with van der Waals surface area (Å²) in [7, 11) is 0. The van der Waals surface area contributed by atoms with Gasteiger partial charge in [0.15, 0.2) is 0 Å². The largest absolute Gasteiger partial charge is 0.416 e. The van der Waals surface area contributed by atoms with Gasteiger partial charge in [-0.25, -0.2) is 0 Å². The van der Waals surface area contributed by atoms with E-state index in [9.17, 15) is 33.6 Å². The van der Waals surface area contributed by atoms with Crippen LogP contribution in [0.4, 0.5) is 24.5 Å². The average molecular weight is 545 g/mol. The van der Waals surface area contributed by atoms with Gasteiger partial charge >= 0.3 is 6.18 Å². The first-order valence-corrected chi connectivity index (χ1v) is 13.3. The summed E-state index contributed by atoms with van der Waals surface area (Å²) < 4.78 is 45.7. The van der Waals surface area contributed by atoms with Crippen molar-refractivity contribution in [1.29, 1.82) is 0 Å². The van der Waals surface area contributed by atoms with Crippen molar-refractivity contribution in [2.75, 3.05) is 31.1 Å². The highest BCUT2D eigenvalue weighted by molar-refractivity contribution is 7.99. The van der Waals surface area contributed by atoms with Crippen LogP contribution in [0.5, 0.6) is 0 Å². The van der Waals surface area contributed by atoms with E-state index in [1.165, 1.54) is 17.8 Å². The number of anilines is 2. The second-order valence-electron chi connectivity index (χ2n) is 8.78. The van der Waals surface area contributed by atoms with E-state index in [2.05, 4.69) is 5.32 Å². The molecular formula is C26H35F3N2O5S. The fraction of sp³-hybridized carbons (Fsp3) is 0.538. The third kappa shape index (κ3) is 7.38. The van der Waals surface area contributed by atoms with Crippen molar-refractivity contribution in [3.05, 3.63) is 48.0 Å². The van der Waals surface area contributed by atoms with Crippen LogP contribution >= 0.6 is 11.8 Å². The molecule has 0 saturated carbocycles. The minimum Gasteiger partial charge on any atom is -0.394 e. The zero-order chi connectivity index (χ0) is 27.2. The van der Waals surface area contributed by atoms with Crippen LogP contribution in [0.2, 0.25) is 0 Å². The predicted octanol–water partition coefficient (Wildman–Crippen LogP) is 3.55. The molecule has 2 aliphatic heterocycles. The monoisotopic (exact) mass is 544 g/mol. The molecule has 2 aliphatic rings. The highest BCUT2D eigenvalue weighted by atomic mass is 32.2. The van der Waals surface area contributed by atoms with E-state index in [-0.39, 0.29) is 25.6 Å². The first-order chi connectivity index (χ1) is 17.7. The summed E-state index contributed by atoms with van der Waals surface area (Å²) in [5.74, 6) is 0. The number of ether oxygens (including phenoxy) is 1. The van der Waals surface area contributed by atoms with E-state index in [1.807, 2.05) is 38.1 Å². The normalized spacial score (nSPS) is 24.0. The van der Waals surface area contributed by atoms with Gasteiger partial charge in [0.1, 0.15) is 12.2 Å². The number of benzene rings is 2. The number of para-hydroxylation sites is 1. The van der Waals surface area contributed by atoms with Crippen molar-refractivity contribution in [2.45, 2.75) is 73.2 Å². The number of fused-ring (bicyclic) bond motifs is 2. The second kappa shape index (κ2) is 13.3. The fourth-order valence-corrected chi connectivity index (χ4v) is 5.46. The summed E-state index contributed by atoms with van der Waals surface area (Å²) in [6.07, 6.45) is -7.91. The van der Waals surface area contributed by atoms with Gasteiger partial charge in [0.25, 0.3) is 0 Å². The predicted molar refractivity (Wildman–Crippen MR) is 136 cm³/mol. The summed E-state index contributed by atoms with van der Waals surface area (Å²) in [4.78, 5) is 3.30. The maximum Gasteiger partial charge on any atom is 0.416 e. The zero-order valence-electron chi connectivity index (χ0n) is 20.9. The van der Waals surface area contributed by atoms with Gasteiger partial charge < -0.3 is 35.4 Å². The quantitative estimate of drug-likeness (QED) is 0.322. The van der Waals surface area contributed by atoms with Gasteiger partial charge in [0.05, 0.1) is 48.4 Å². The Bertz CT molecular complexity index is 1010. The number of hydrogen-bond acceptors (Lipinski definition) is 8. The van der Waals surface area contributed by atoms with Gasteiger partial charge in [-0.2, -0.15) is 13.2 Å². The molecule has 206 valence electrons. The van der Waals surface area contributed by atoms with E-state index >= 15 is 0 Å². The van der Waals surface area contributed by atoms with Gasteiger partial charge in [-0.05, 0) is 43.3 Å². The topological polar surface area (TPSA) is 105 Å². The van der Waals surface area contributed by atoms with Crippen molar-refractivity contribution < 1.29 is 38.3 Å². The Morgan fingerprint density at radius 3 is 2.51 bits per heavy atom. The summed E-state index contributed by atoms with van der Waals surface area (Å²) >= 11 is 1.40. The van der Waals surface area contributed by atoms with E-state index in [0.717, 1.165) is 22.7 Å². The number of nitrogens with one attached hydrogen (secondary N) is 1. The molecule has 4 rings (SSSR count). The Kier molecular flexibility index (Phi) is 10.7. The number of nitrogens with zero attached hydrogens (tertiary/aromatic N) is 1. The van der Waals surface area contributed by atoms with Crippen LogP contribution in [-0.2, 0) is 10.9 Å². The van der Waals surface area contributed by atoms with Crippen molar-refractivity contribution in [2.24, 2.45) is 0 Å². The molecule has 7 nitrogen and oxygen atoms in total. The number of aliphatic hydroxyl groups excluding tert-OH is 4. The Balaban J connectivity index is 0.00000186. The lowest BCUT2D eigenvalue weighted by atomic mass is 9.96. The number of aliphatic hydroxyl groups is 4. The lowest BCUT2D eigenvalue weighted by Gasteiger charge is -2.36. The van der Waals surface area contributed by atoms with Crippen LogP contribution in [0.25, 0.3) is 0 Å². The van der Waals surface area contributed by atoms with Crippen LogP contribution < -0.4 is 10.2 Å². The van der Waals surface area contributed by atoms with Crippen LogP contribution in [-0.4, -0.2) is 77.2 Å². The Morgan fingerprint density at radius 2 is 1.81 bits per heavy atom. The Hall–Kier alpha value is -1.86. The molecule has 1 fully saturated rings. The highest BCUT2D eigenvalue weighted by Crippen LogP contribution is 2.49. The minimum absolute atomic E-state index is 0.0936. The molecule has 0 aromatic heterocycles. The summed E-state index contributed by atoms with van der Waals surface area (Å²) in [6, 6.07) is 11.0. The third-order valence-electron chi connectivity index (χ3n) is 6.20. The first-order valence-electron chi connectivity index (χ1n) is 12.4. The molecular weight excluding hydrogens is 509 g/mol. The van der Waals surface area contributed by atoms with E-state index in [1.54, 1.807) is 4.90 Å². The summed E-state index contributed by atoms with van der Waals surface area (Å²) in [5.41, 5.74) is 0.400. The third-order valence-corrected chi connectivity index (χ3v) is 7.33. The lowest BCUT2D eigenvalue weighted by Crippen LogP contribution is -2.50. The molecule has 0 spiro atoms. The van der Waals surface area contributed by atoms with Crippen molar-refractivity contribution in [1.82, 2.24) is 5.32 Å². The first kappa shape index (κ1) is 29.7. The van der Waals surface area contributed by atoms with Crippen LogP contribution in [0, 0.1) is 0 Å². The number of alkyl halides is 3. The maximum atomic E-state index is 13.4. The highest BCUT2D eigenvalue weighted by Gasteiger charge is 2.36. The molecule has 2 heterocycles. The van der Waals surface area contributed by atoms with E-state index in [0.29, 0.717) is 23.5 Å². The summed E-state index contributed by atoms with van der Waals surface area (Å²) in [6.45, 7) is 4.34. The maximum absolute atomic E-state index is 13.4. The molecule has 2 aromatic rings. The summed E-state index contributed by atoms with van der Waals surface area (Å²) in [5, 5.41) is 42.8. The molecule has 5 N–H and O–H groups in total. The van der Waals surface area contributed by atoms with Gasteiger partial charge in [-0.3, -0.25) is 0 Å². The van der Waals surface area contributed by atoms with Crippen LogP contribution in [0.3, 0.4) is 0 Å². The average Bonchev–Trinajstić information content (AvgIpc) is 2.88. The zero-order valence-corrected chi connectivity index (χ0v) is 21.7. The minimum atomic E-state index is -4.47. The van der Waals surface area contributed by atoms with E-state index in [4.69, 9.17) is 4.74 Å². The van der Waals surface area contributed by atoms with Gasteiger partial charge in [-0.1, -0.05) is 37.7 Å². The number of β-amino-alcohol motifs (C(OH)–C–C–N with tert-alkyl or cyclic N) is 1. The van der Waals surface area contributed by atoms with Crippen molar-refractivity contribution >= 4 is 23.1 Å². The van der Waals surface area contributed by atoms with Crippen LogP contribution in [0.15, 0.2) is 52.3 Å². The fourth-order valence-electron chi connectivity index (χ4n) is 4.39. The van der Waals surface area contributed by atoms with Gasteiger partial charge in [0.2, 0.25) is 0 Å². The molecule has 2 aromatic carbocycles. The number of rotatable bonds is 8. The molecule has 11 heteroatoms. The van der Waals surface area contributed by atoms with E-state index < -0.39 is 42.8 Å². The SMILES string of the molecule is CC.OCC1O[C@H](CCNCC(O)CN2c3ccccc3Sc3ccc(C(F)(F)F)cc32)CC(O)[C@@H]1O. The number of halogens is 3. The Labute approximate surface area is 219 Å². The Morgan fingerprint density at radius 1 is 1.11 bits per heavy atom. The number of hydrogen-bond donors (Lipinski definition) is 5. The van der Waals surface area contributed by atoms with Crippen molar-refractivity contribution in [3.63, 3.8) is 0 Å². The molecule has 3 unspecified atom stereocenters.